The molecule has 0 aliphatic carbocycles. The predicted molar refractivity (Wildman–Crippen MR) is 67.2 cm³/mol. The molecule has 0 saturated carbocycles. The van der Waals surface area contributed by atoms with Crippen molar-refractivity contribution in [2.45, 2.75) is 19.4 Å². The molecule has 1 unspecified atom stereocenters. The molecule has 1 atom stereocenters. The van der Waals surface area contributed by atoms with Crippen LogP contribution >= 0.6 is 0 Å². The Morgan fingerprint density at radius 3 is 3.06 bits per heavy atom. The van der Waals surface area contributed by atoms with Gasteiger partial charge in [0.2, 0.25) is 0 Å². The Morgan fingerprint density at radius 2 is 2.29 bits per heavy atom. The van der Waals surface area contributed by atoms with Crippen molar-refractivity contribution in [2.24, 2.45) is 0 Å². The second-order valence-corrected chi connectivity index (χ2v) is 4.84. The molecular formula is C12H17N5. The number of aryl methyl sites for hydroxylation is 1. The predicted octanol–water partition coefficient (Wildman–Crippen LogP) is 1.15. The Labute approximate surface area is 100 Å². The molecule has 2 aromatic rings. The summed E-state index contributed by atoms with van der Waals surface area (Å²) in [6.07, 6.45) is 2.78. The van der Waals surface area contributed by atoms with E-state index in [1.165, 1.54) is 12.0 Å². The normalized spacial score (nSPS) is 21.2. The standard InChI is InChI=1S/C12H17N5/c1-9-5-11-13-8-14-17(11)12(6-9)15-10-3-4-16(2)7-10/h5-6,8,10,15H,3-4,7H2,1-2H3. The molecule has 0 bridgehead atoms. The summed E-state index contributed by atoms with van der Waals surface area (Å²) in [4.78, 5) is 6.57. The minimum absolute atomic E-state index is 0.509. The van der Waals surface area contributed by atoms with Gasteiger partial charge in [-0.25, -0.2) is 4.98 Å². The van der Waals surface area contributed by atoms with Crippen LogP contribution in [0.3, 0.4) is 0 Å². The van der Waals surface area contributed by atoms with Gasteiger partial charge in [0.1, 0.15) is 12.1 Å². The van der Waals surface area contributed by atoms with E-state index in [2.05, 4.69) is 40.3 Å². The number of hydrogen-bond donors (Lipinski definition) is 1. The van der Waals surface area contributed by atoms with Crippen LogP contribution in [-0.2, 0) is 0 Å². The summed E-state index contributed by atoms with van der Waals surface area (Å²) < 4.78 is 1.87. The van der Waals surface area contributed by atoms with Gasteiger partial charge in [-0.2, -0.15) is 9.61 Å². The first-order chi connectivity index (χ1) is 8.22. The van der Waals surface area contributed by atoms with Crippen molar-refractivity contribution in [3.05, 3.63) is 24.0 Å². The van der Waals surface area contributed by atoms with Gasteiger partial charge < -0.3 is 10.2 Å². The van der Waals surface area contributed by atoms with E-state index >= 15 is 0 Å². The maximum absolute atomic E-state index is 4.25. The lowest BCUT2D eigenvalue weighted by Gasteiger charge is -2.15. The van der Waals surface area contributed by atoms with Crippen LogP contribution in [0.25, 0.3) is 5.65 Å². The van der Waals surface area contributed by atoms with Gasteiger partial charge in [0, 0.05) is 12.6 Å². The molecule has 1 fully saturated rings. The molecule has 0 aromatic carbocycles. The molecule has 0 amide bonds. The molecule has 90 valence electrons. The Hall–Kier alpha value is -1.62. The number of pyridine rings is 1. The lowest BCUT2D eigenvalue weighted by molar-refractivity contribution is 0.414. The SMILES string of the molecule is Cc1cc(NC2CCN(C)C2)n2ncnc2c1. The molecular weight excluding hydrogens is 214 g/mol. The third kappa shape index (κ3) is 1.98. The van der Waals surface area contributed by atoms with E-state index in [9.17, 15) is 0 Å². The minimum Gasteiger partial charge on any atom is -0.366 e. The van der Waals surface area contributed by atoms with Crippen molar-refractivity contribution in [1.29, 1.82) is 0 Å². The van der Waals surface area contributed by atoms with Gasteiger partial charge in [0.05, 0.1) is 0 Å². The number of fused-ring (bicyclic) bond motifs is 1. The van der Waals surface area contributed by atoms with Crippen LogP contribution in [0.1, 0.15) is 12.0 Å². The van der Waals surface area contributed by atoms with Gasteiger partial charge in [-0.3, -0.25) is 0 Å². The third-order valence-corrected chi connectivity index (χ3v) is 3.27. The largest absolute Gasteiger partial charge is 0.366 e. The molecule has 5 heteroatoms. The summed E-state index contributed by atoms with van der Waals surface area (Å²) in [5.41, 5.74) is 2.11. The van der Waals surface area contributed by atoms with E-state index in [1.807, 2.05) is 10.6 Å². The van der Waals surface area contributed by atoms with Gasteiger partial charge in [-0.05, 0) is 44.6 Å². The highest BCUT2D eigenvalue weighted by atomic mass is 15.3. The van der Waals surface area contributed by atoms with E-state index in [0.717, 1.165) is 24.6 Å². The van der Waals surface area contributed by atoms with Gasteiger partial charge in [0.15, 0.2) is 5.65 Å². The first-order valence-corrected chi connectivity index (χ1v) is 5.98. The van der Waals surface area contributed by atoms with Crippen molar-refractivity contribution in [2.75, 3.05) is 25.5 Å². The molecule has 3 rings (SSSR count). The van der Waals surface area contributed by atoms with Crippen LogP contribution in [0.15, 0.2) is 18.5 Å². The number of likely N-dealkylation sites (N-methyl/N-ethyl adjacent to an activating group) is 1. The number of rotatable bonds is 2. The summed E-state index contributed by atoms with van der Waals surface area (Å²) in [5.74, 6) is 1.04. The van der Waals surface area contributed by atoms with Crippen molar-refractivity contribution in [1.82, 2.24) is 19.5 Å². The highest BCUT2D eigenvalue weighted by Crippen LogP contribution is 2.17. The average molecular weight is 231 g/mol. The topological polar surface area (TPSA) is 45.5 Å². The zero-order valence-corrected chi connectivity index (χ0v) is 10.2. The Morgan fingerprint density at radius 1 is 1.41 bits per heavy atom. The number of aromatic nitrogens is 3. The van der Waals surface area contributed by atoms with Gasteiger partial charge in [-0.15, -0.1) is 0 Å². The quantitative estimate of drug-likeness (QED) is 0.842. The van der Waals surface area contributed by atoms with Crippen molar-refractivity contribution in [3.63, 3.8) is 0 Å². The lowest BCUT2D eigenvalue weighted by atomic mass is 10.2. The Bertz CT molecular complexity index is 533. The first kappa shape index (κ1) is 10.5. The van der Waals surface area contributed by atoms with E-state index < -0.39 is 0 Å². The van der Waals surface area contributed by atoms with Crippen LogP contribution in [0.2, 0.25) is 0 Å². The zero-order valence-electron chi connectivity index (χ0n) is 10.2. The first-order valence-electron chi connectivity index (χ1n) is 5.98. The molecule has 1 aliphatic heterocycles. The molecule has 1 N–H and O–H groups in total. The zero-order chi connectivity index (χ0) is 11.8. The van der Waals surface area contributed by atoms with Crippen LogP contribution in [-0.4, -0.2) is 45.7 Å². The summed E-state index contributed by atoms with van der Waals surface area (Å²) in [6, 6.07) is 4.67. The highest BCUT2D eigenvalue weighted by molar-refractivity contribution is 5.51. The molecule has 0 spiro atoms. The lowest BCUT2D eigenvalue weighted by Crippen LogP contribution is -2.24. The highest BCUT2D eigenvalue weighted by Gasteiger charge is 2.20. The molecule has 1 saturated heterocycles. The van der Waals surface area contributed by atoms with Crippen molar-refractivity contribution < 1.29 is 0 Å². The maximum atomic E-state index is 4.25. The number of hydrogen-bond acceptors (Lipinski definition) is 4. The number of anilines is 1. The third-order valence-electron chi connectivity index (χ3n) is 3.27. The smallest absolute Gasteiger partial charge is 0.157 e. The van der Waals surface area contributed by atoms with E-state index in [-0.39, 0.29) is 0 Å². The van der Waals surface area contributed by atoms with Crippen molar-refractivity contribution >= 4 is 11.5 Å². The van der Waals surface area contributed by atoms with Gasteiger partial charge in [0.25, 0.3) is 0 Å². The summed E-state index contributed by atoms with van der Waals surface area (Å²) in [6.45, 7) is 4.33. The van der Waals surface area contributed by atoms with Crippen LogP contribution in [0, 0.1) is 6.92 Å². The van der Waals surface area contributed by atoms with E-state index in [1.54, 1.807) is 6.33 Å². The minimum atomic E-state index is 0.509. The molecule has 3 heterocycles. The molecule has 1 aliphatic rings. The summed E-state index contributed by atoms with van der Waals surface area (Å²) in [5, 5.41) is 7.81. The molecule has 5 nitrogen and oxygen atoms in total. The molecule has 17 heavy (non-hydrogen) atoms. The van der Waals surface area contributed by atoms with Gasteiger partial charge >= 0.3 is 0 Å². The molecule has 0 radical (unpaired) electrons. The monoisotopic (exact) mass is 231 g/mol. The Balaban J connectivity index is 1.91. The van der Waals surface area contributed by atoms with Crippen molar-refractivity contribution in [3.8, 4) is 0 Å². The van der Waals surface area contributed by atoms with Gasteiger partial charge in [-0.1, -0.05) is 0 Å². The second-order valence-electron chi connectivity index (χ2n) is 4.84. The fourth-order valence-corrected chi connectivity index (χ4v) is 2.42. The second kappa shape index (κ2) is 4.00. The number of nitrogens with one attached hydrogen (secondary N) is 1. The van der Waals surface area contributed by atoms with E-state index in [0.29, 0.717) is 6.04 Å². The average Bonchev–Trinajstić information content (AvgIpc) is 2.87. The fourth-order valence-electron chi connectivity index (χ4n) is 2.42. The van der Waals surface area contributed by atoms with E-state index in [4.69, 9.17) is 0 Å². The summed E-state index contributed by atoms with van der Waals surface area (Å²) >= 11 is 0. The molecule has 2 aromatic heterocycles. The number of likely N-dealkylation sites (tertiary alicyclic amines) is 1. The van der Waals surface area contributed by atoms with Crippen LogP contribution in [0.4, 0.5) is 5.82 Å². The fraction of sp³-hybridized carbons (Fsp3) is 0.500. The van der Waals surface area contributed by atoms with Crippen LogP contribution in [0.5, 0.6) is 0 Å². The maximum Gasteiger partial charge on any atom is 0.157 e. The number of nitrogens with zero attached hydrogens (tertiary/aromatic N) is 4. The summed E-state index contributed by atoms with van der Waals surface area (Å²) in [7, 11) is 2.16. The van der Waals surface area contributed by atoms with Crippen LogP contribution < -0.4 is 5.32 Å². The Kier molecular flexibility index (Phi) is 2.48.